The van der Waals surface area contributed by atoms with E-state index < -0.39 is 0 Å². The van der Waals surface area contributed by atoms with E-state index in [1.165, 1.54) is 0 Å². The summed E-state index contributed by atoms with van der Waals surface area (Å²) < 4.78 is 13.2. The molecular formula is C11H10BrF. The first-order valence-corrected chi connectivity index (χ1v) is 5.09. The van der Waals surface area contributed by atoms with Crippen LogP contribution in [-0.4, -0.2) is 5.33 Å². The normalized spacial score (nSPS) is 9.23. The first kappa shape index (κ1) is 10.3. The van der Waals surface area contributed by atoms with Gasteiger partial charge in [-0.25, -0.2) is 4.39 Å². The van der Waals surface area contributed by atoms with Crippen molar-refractivity contribution in [1.29, 1.82) is 0 Å². The van der Waals surface area contributed by atoms with Gasteiger partial charge in [-0.15, -0.1) is 0 Å². The quantitative estimate of drug-likeness (QED) is 0.483. The third-order valence-corrected chi connectivity index (χ3v) is 2.02. The first-order valence-electron chi connectivity index (χ1n) is 3.96. The fourth-order valence-electron chi connectivity index (χ4n) is 1.15. The molecule has 0 radical (unpaired) electrons. The average molecular weight is 241 g/mol. The maximum atomic E-state index is 13.2. The van der Waals surface area contributed by atoms with Crippen LogP contribution < -0.4 is 0 Å². The van der Waals surface area contributed by atoms with Crippen LogP contribution >= 0.6 is 15.9 Å². The van der Waals surface area contributed by atoms with Crippen LogP contribution in [0.3, 0.4) is 0 Å². The Hall–Kier alpha value is -0.810. The minimum absolute atomic E-state index is 0.135. The van der Waals surface area contributed by atoms with Gasteiger partial charge in [0.15, 0.2) is 0 Å². The molecule has 0 nitrogen and oxygen atoms in total. The third-order valence-electron chi connectivity index (χ3n) is 1.74. The number of aryl methyl sites for hydroxylation is 2. The molecule has 0 fully saturated rings. The number of benzene rings is 1. The minimum Gasteiger partial charge on any atom is -0.206 e. The molecule has 13 heavy (non-hydrogen) atoms. The van der Waals surface area contributed by atoms with E-state index in [0.29, 0.717) is 16.5 Å². The van der Waals surface area contributed by atoms with Gasteiger partial charge >= 0.3 is 0 Å². The van der Waals surface area contributed by atoms with E-state index in [2.05, 4.69) is 27.8 Å². The van der Waals surface area contributed by atoms with Crippen LogP contribution in [-0.2, 0) is 0 Å². The average Bonchev–Trinajstić information content (AvgIpc) is 2.10. The molecule has 0 saturated heterocycles. The summed E-state index contributed by atoms with van der Waals surface area (Å²) in [6, 6.07) is 3.52. The Kier molecular flexibility index (Phi) is 3.50. The van der Waals surface area contributed by atoms with E-state index in [4.69, 9.17) is 0 Å². The number of hydrogen-bond donors (Lipinski definition) is 0. The molecule has 0 atom stereocenters. The van der Waals surface area contributed by atoms with E-state index in [1.807, 2.05) is 0 Å². The molecule has 68 valence electrons. The zero-order chi connectivity index (χ0) is 9.84. The zero-order valence-electron chi connectivity index (χ0n) is 7.62. The largest absolute Gasteiger partial charge is 0.206 e. The predicted molar refractivity (Wildman–Crippen MR) is 56.5 cm³/mol. The second kappa shape index (κ2) is 4.43. The lowest BCUT2D eigenvalue weighted by molar-refractivity contribution is 0.609. The van der Waals surface area contributed by atoms with Gasteiger partial charge < -0.3 is 0 Å². The molecule has 0 heterocycles. The third kappa shape index (κ3) is 2.57. The summed E-state index contributed by atoms with van der Waals surface area (Å²) in [5.74, 6) is 5.69. The van der Waals surface area contributed by atoms with Crippen LogP contribution in [0.15, 0.2) is 12.1 Å². The Bertz CT molecular complexity index is 348. The second-order valence-electron chi connectivity index (χ2n) is 2.86. The van der Waals surface area contributed by atoms with Crippen LogP contribution in [0, 0.1) is 31.5 Å². The number of alkyl halides is 1. The lowest BCUT2D eigenvalue weighted by Gasteiger charge is -2.01. The Morgan fingerprint density at radius 3 is 2.31 bits per heavy atom. The van der Waals surface area contributed by atoms with Crippen LogP contribution in [0.25, 0.3) is 0 Å². The summed E-state index contributed by atoms with van der Waals surface area (Å²) in [6.45, 7) is 3.50. The van der Waals surface area contributed by atoms with E-state index in [0.717, 1.165) is 5.56 Å². The molecule has 0 aromatic heterocycles. The van der Waals surface area contributed by atoms with Crippen molar-refractivity contribution in [3.8, 4) is 11.8 Å². The highest BCUT2D eigenvalue weighted by atomic mass is 79.9. The van der Waals surface area contributed by atoms with Gasteiger partial charge in [-0.3, -0.25) is 0 Å². The molecule has 0 bridgehead atoms. The molecule has 2 heteroatoms. The van der Waals surface area contributed by atoms with E-state index in [-0.39, 0.29) is 5.82 Å². The van der Waals surface area contributed by atoms with Crippen molar-refractivity contribution in [3.63, 3.8) is 0 Å². The van der Waals surface area contributed by atoms with Crippen LogP contribution in [0.2, 0.25) is 0 Å². The van der Waals surface area contributed by atoms with Crippen molar-refractivity contribution >= 4 is 15.9 Å². The summed E-state index contributed by atoms with van der Waals surface area (Å²) >= 11 is 3.21. The number of halogens is 2. The molecule has 0 unspecified atom stereocenters. The molecule has 0 saturated carbocycles. The Balaban J connectivity index is 3.13. The van der Waals surface area contributed by atoms with Crippen molar-refractivity contribution in [2.45, 2.75) is 13.8 Å². The van der Waals surface area contributed by atoms with Gasteiger partial charge in [0, 0.05) is 5.56 Å². The summed E-state index contributed by atoms with van der Waals surface area (Å²) in [5, 5.41) is 0.641. The van der Waals surface area contributed by atoms with Crippen LogP contribution in [0.5, 0.6) is 0 Å². The van der Waals surface area contributed by atoms with Crippen molar-refractivity contribution in [2.75, 3.05) is 5.33 Å². The standard InChI is InChI=1S/C11H10BrF/c1-8-6-10(4-3-5-12)7-9(2)11(8)13/h6-7H,5H2,1-2H3. The molecule has 0 aliphatic heterocycles. The predicted octanol–water partition coefficient (Wildman–Crippen LogP) is 3.19. The maximum absolute atomic E-state index is 13.2. The Morgan fingerprint density at radius 1 is 1.31 bits per heavy atom. The molecule has 0 amide bonds. The lowest BCUT2D eigenvalue weighted by atomic mass is 10.1. The highest BCUT2D eigenvalue weighted by Crippen LogP contribution is 2.13. The molecule has 1 aromatic rings. The number of rotatable bonds is 0. The zero-order valence-corrected chi connectivity index (χ0v) is 9.20. The van der Waals surface area contributed by atoms with Gasteiger partial charge in [-0.05, 0) is 37.1 Å². The molecule has 1 rings (SSSR count). The van der Waals surface area contributed by atoms with Crippen molar-refractivity contribution in [2.24, 2.45) is 0 Å². The van der Waals surface area contributed by atoms with Gasteiger partial charge in [0.25, 0.3) is 0 Å². The highest BCUT2D eigenvalue weighted by molar-refractivity contribution is 9.09. The SMILES string of the molecule is Cc1cc(C#CCBr)cc(C)c1F. The maximum Gasteiger partial charge on any atom is 0.129 e. The van der Waals surface area contributed by atoms with Crippen molar-refractivity contribution < 1.29 is 4.39 Å². The number of hydrogen-bond acceptors (Lipinski definition) is 0. The second-order valence-corrected chi connectivity index (χ2v) is 3.42. The van der Waals surface area contributed by atoms with E-state index in [1.54, 1.807) is 26.0 Å². The minimum atomic E-state index is -0.135. The molecule has 0 aliphatic carbocycles. The smallest absolute Gasteiger partial charge is 0.129 e. The van der Waals surface area contributed by atoms with Gasteiger partial charge in [-0.1, -0.05) is 27.8 Å². The molecule has 1 aromatic carbocycles. The van der Waals surface area contributed by atoms with E-state index >= 15 is 0 Å². The van der Waals surface area contributed by atoms with Gasteiger partial charge in [0.05, 0.1) is 5.33 Å². The Morgan fingerprint density at radius 2 is 1.85 bits per heavy atom. The fourth-order valence-corrected chi connectivity index (χ4v) is 1.29. The van der Waals surface area contributed by atoms with Crippen molar-refractivity contribution in [1.82, 2.24) is 0 Å². The summed E-state index contributed by atoms with van der Waals surface area (Å²) in [7, 11) is 0. The van der Waals surface area contributed by atoms with Gasteiger partial charge in [0.2, 0.25) is 0 Å². The van der Waals surface area contributed by atoms with Gasteiger partial charge in [0.1, 0.15) is 5.82 Å². The highest BCUT2D eigenvalue weighted by Gasteiger charge is 2.01. The molecule has 0 N–H and O–H groups in total. The monoisotopic (exact) mass is 240 g/mol. The molecule has 0 aliphatic rings. The topological polar surface area (TPSA) is 0 Å². The summed E-state index contributed by atoms with van der Waals surface area (Å²) in [5.41, 5.74) is 2.17. The van der Waals surface area contributed by atoms with Crippen LogP contribution in [0.1, 0.15) is 16.7 Å². The van der Waals surface area contributed by atoms with E-state index in [9.17, 15) is 4.39 Å². The lowest BCUT2D eigenvalue weighted by Crippen LogP contribution is -1.89. The molecular weight excluding hydrogens is 231 g/mol. The van der Waals surface area contributed by atoms with Crippen LogP contribution in [0.4, 0.5) is 4.39 Å². The summed E-state index contributed by atoms with van der Waals surface area (Å²) in [6.07, 6.45) is 0. The van der Waals surface area contributed by atoms with Crippen molar-refractivity contribution in [3.05, 3.63) is 34.6 Å². The van der Waals surface area contributed by atoms with Gasteiger partial charge in [-0.2, -0.15) is 0 Å². The summed E-state index contributed by atoms with van der Waals surface area (Å²) in [4.78, 5) is 0. The molecule has 0 spiro atoms. The fraction of sp³-hybridized carbons (Fsp3) is 0.273. The first-order chi connectivity index (χ1) is 6.15. The Labute approximate surface area is 86.3 Å².